The maximum Gasteiger partial charge on any atom is 0.148 e. The smallest absolute Gasteiger partial charge is 0.148 e. The Morgan fingerprint density at radius 3 is 2.83 bits per heavy atom. The zero-order valence-corrected chi connectivity index (χ0v) is 11.8. The molecule has 2 aromatic rings. The van der Waals surface area contributed by atoms with E-state index in [-0.39, 0.29) is 0 Å². The summed E-state index contributed by atoms with van der Waals surface area (Å²) in [4.78, 5) is 4.21. The molecular formula is C14H15BrN2O. The van der Waals surface area contributed by atoms with Crippen LogP contribution in [0.5, 0.6) is 11.5 Å². The van der Waals surface area contributed by atoms with Gasteiger partial charge in [-0.3, -0.25) is 4.98 Å². The summed E-state index contributed by atoms with van der Waals surface area (Å²) >= 11 is 3.45. The van der Waals surface area contributed by atoms with Crippen molar-refractivity contribution in [2.75, 3.05) is 6.54 Å². The van der Waals surface area contributed by atoms with Crippen molar-refractivity contribution in [1.29, 1.82) is 0 Å². The number of ether oxygens (including phenoxy) is 1. The van der Waals surface area contributed by atoms with Crippen LogP contribution in [-0.4, -0.2) is 11.5 Å². The highest BCUT2D eigenvalue weighted by Crippen LogP contribution is 2.29. The molecule has 0 aliphatic rings. The number of nitrogens with zero attached hydrogens (tertiary/aromatic N) is 1. The molecule has 0 aliphatic heterocycles. The van der Waals surface area contributed by atoms with Crippen LogP contribution in [0.4, 0.5) is 0 Å². The van der Waals surface area contributed by atoms with E-state index in [0.29, 0.717) is 6.54 Å². The van der Waals surface area contributed by atoms with E-state index in [9.17, 15) is 0 Å². The lowest BCUT2D eigenvalue weighted by Crippen LogP contribution is -2.04. The first-order valence-corrected chi connectivity index (χ1v) is 6.58. The van der Waals surface area contributed by atoms with Gasteiger partial charge in [-0.1, -0.05) is 22.0 Å². The molecule has 2 N–H and O–H groups in total. The van der Waals surface area contributed by atoms with Crippen LogP contribution < -0.4 is 10.5 Å². The minimum absolute atomic E-state index is 0.601. The molecule has 94 valence electrons. The molecule has 0 saturated heterocycles. The first kappa shape index (κ1) is 13.1. The van der Waals surface area contributed by atoms with Crippen molar-refractivity contribution >= 4 is 15.9 Å². The Kier molecular flexibility index (Phi) is 4.33. The first-order valence-electron chi connectivity index (χ1n) is 5.78. The summed E-state index contributed by atoms with van der Waals surface area (Å²) in [5.74, 6) is 1.60. The third-order valence-corrected chi connectivity index (χ3v) is 3.11. The van der Waals surface area contributed by atoms with Crippen molar-refractivity contribution in [3.05, 3.63) is 52.3 Å². The second-order valence-corrected chi connectivity index (χ2v) is 4.90. The maximum absolute atomic E-state index is 5.93. The fourth-order valence-electron chi connectivity index (χ4n) is 1.68. The van der Waals surface area contributed by atoms with Gasteiger partial charge >= 0.3 is 0 Å². The second kappa shape index (κ2) is 5.98. The topological polar surface area (TPSA) is 48.1 Å². The van der Waals surface area contributed by atoms with Crippen LogP contribution in [0.3, 0.4) is 0 Å². The molecule has 0 unspecified atom stereocenters. The van der Waals surface area contributed by atoms with Gasteiger partial charge in [-0.15, -0.1) is 0 Å². The number of halogens is 1. The van der Waals surface area contributed by atoms with Crippen molar-refractivity contribution in [3.8, 4) is 11.5 Å². The number of benzene rings is 1. The molecule has 0 bridgehead atoms. The number of aromatic nitrogens is 1. The van der Waals surface area contributed by atoms with Crippen LogP contribution in [0.25, 0.3) is 0 Å². The molecule has 0 spiro atoms. The molecule has 0 aliphatic carbocycles. The summed E-state index contributed by atoms with van der Waals surface area (Å²) < 4.78 is 6.91. The summed E-state index contributed by atoms with van der Waals surface area (Å²) in [5, 5.41) is 0. The van der Waals surface area contributed by atoms with Gasteiger partial charge in [-0.2, -0.15) is 0 Å². The number of hydrogen-bond donors (Lipinski definition) is 1. The fraction of sp³-hybridized carbons (Fsp3) is 0.214. The lowest BCUT2D eigenvalue weighted by Gasteiger charge is -2.12. The molecule has 18 heavy (non-hydrogen) atoms. The second-order valence-electron chi connectivity index (χ2n) is 3.98. The Hall–Kier alpha value is -1.39. The SMILES string of the molecule is Cc1ncccc1Oc1cc(Br)ccc1CCN. The van der Waals surface area contributed by atoms with E-state index in [2.05, 4.69) is 20.9 Å². The number of hydrogen-bond acceptors (Lipinski definition) is 3. The molecule has 0 saturated carbocycles. The average molecular weight is 307 g/mol. The summed E-state index contributed by atoms with van der Waals surface area (Å²) in [5.41, 5.74) is 7.58. The largest absolute Gasteiger partial charge is 0.455 e. The molecular weight excluding hydrogens is 292 g/mol. The maximum atomic E-state index is 5.93. The van der Waals surface area contributed by atoms with Crippen LogP contribution in [0.15, 0.2) is 41.0 Å². The van der Waals surface area contributed by atoms with E-state index in [0.717, 1.165) is 33.6 Å². The molecule has 0 amide bonds. The van der Waals surface area contributed by atoms with E-state index in [1.165, 1.54) is 0 Å². The zero-order chi connectivity index (χ0) is 13.0. The van der Waals surface area contributed by atoms with Crippen molar-refractivity contribution in [3.63, 3.8) is 0 Å². The summed E-state index contributed by atoms with van der Waals surface area (Å²) in [6, 6.07) is 9.75. The average Bonchev–Trinajstić information content (AvgIpc) is 2.36. The van der Waals surface area contributed by atoms with E-state index < -0.39 is 0 Å². The van der Waals surface area contributed by atoms with Gasteiger partial charge in [0.25, 0.3) is 0 Å². The molecule has 0 atom stereocenters. The van der Waals surface area contributed by atoms with Crippen LogP contribution in [0, 0.1) is 6.92 Å². The minimum atomic E-state index is 0.601. The Bertz CT molecular complexity index is 543. The molecule has 1 heterocycles. The van der Waals surface area contributed by atoms with Gasteiger partial charge in [0.1, 0.15) is 11.5 Å². The van der Waals surface area contributed by atoms with Crippen LogP contribution >= 0.6 is 15.9 Å². The standard InChI is InChI=1S/C14H15BrN2O/c1-10-13(3-2-8-17-10)18-14-9-12(15)5-4-11(14)6-7-16/h2-5,8-9H,6-7,16H2,1H3. The van der Waals surface area contributed by atoms with E-state index in [1.807, 2.05) is 37.3 Å². The fourth-order valence-corrected chi connectivity index (χ4v) is 2.02. The highest BCUT2D eigenvalue weighted by Gasteiger charge is 2.07. The van der Waals surface area contributed by atoms with Gasteiger partial charge in [-0.25, -0.2) is 0 Å². The Morgan fingerprint density at radius 2 is 2.11 bits per heavy atom. The summed E-state index contributed by atoms with van der Waals surface area (Å²) in [6.07, 6.45) is 2.55. The third kappa shape index (κ3) is 3.09. The first-order chi connectivity index (χ1) is 8.70. The van der Waals surface area contributed by atoms with Gasteiger partial charge in [-0.05, 0) is 49.7 Å². The summed E-state index contributed by atoms with van der Waals surface area (Å²) in [6.45, 7) is 2.53. The highest BCUT2D eigenvalue weighted by molar-refractivity contribution is 9.10. The lowest BCUT2D eigenvalue weighted by atomic mass is 10.1. The molecule has 1 aromatic heterocycles. The number of aryl methyl sites for hydroxylation is 1. The highest BCUT2D eigenvalue weighted by atomic mass is 79.9. The predicted octanol–water partition coefficient (Wildman–Crippen LogP) is 3.45. The number of nitrogens with two attached hydrogens (primary N) is 1. The van der Waals surface area contributed by atoms with Gasteiger partial charge in [0, 0.05) is 10.7 Å². The normalized spacial score (nSPS) is 10.4. The van der Waals surface area contributed by atoms with E-state index in [4.69, 9.17) is 10.5 Å². The van der Waals surface area contributed by atoms with Gasteiger partial charge < -0.3 is 10.5 Å². The quantitative estimate of drug-likeness (QED) is 0.941. The van der Waals surface area contributed by atoms with Gasteiger partial charge in [0.05, 0.1) is 5.69 Å². The number of pyridine rings is 1. The summed E-state index contributed by atoms with van der Waals surface area (Å²) in [7, 11) is 0. The monoisotopic (exact) mass is 306 g/mol. The van der Waals surface area contributed by atoms with Gasteiger partial charge in [0.2, 0.25) is 0 Å². The van der Waals surface area contributed by atoms with Gasteiger partial charge in [0.15, 0.2) is 0 Å². The third-order valence-electron chi connectivity index (χ3n) is 2.62. The van der Waals surface area contributed by atoms with Crippen molar-refractivity contribution in [2.24, 2.45) is 5.73 Å². The van der Waals surface area contributed by atoms with Crippen molar-refractivity contribution in [2.45, 2.75) is 13.3 Å². The Morgan fingerprint density at radius 1 is 1.28 bits per heavy atom. The molecule has 2 rings (SSSR count). The minimum Gasteiger partial charge on any atom is -0.455 e. The Labute approximate surface area is 115 Å². The van der Waals surface area contributed by atoms with Crippen molar-refractivity contribution < 1.29 is 4.74 Å². The molecule has 1 aromatic carbocycles. The molecule has 3 nitrogen and oxygen atoms in total. The van der Waals surface area contributed by atoms with Crippen molar-refractivity contribution in [1.82, 2.24) is 4.98 Å². The molecule has 0 radical (unpaired) electrons. The van der Waals surface area contributed by atoms with E-state index >= 15 is 0 Å². The molecule has 0 fully saturated rings. The van der Waals surface area contributed by atoms with Crippen LogP contribution in [-0.2, 0) is 6.42 Å². The zero-order valence-electron chi connectivity index (χ0n) is 10.2. The Balaban J connectivity index is 2.33. The molecule has 4 heteroatoms. The predicted molar refractivity (Wildman–Crippen MR) is 75.9 cm³/mol. The van der Waals surface area contributed by atoms with Crippen LogP contribution in [0.2, 0.25) is 0 Å². The lowest BCUT2D eigenvalue weighted by molar-refractivity contribution is 0.469. The van der Waals surface area contributed by atoms with E-state index in [1.54, 1.807) is 6.20 Å². The number of rotatable bonds is 4. The van der Waals surface area contributed by atoms with Crippen LogP contribution in [0.1, 0.15) is 11.3 Å².